The van der Waals surface area contributed by atoms with Crippen molar-refractivity contribution in [3.8, 4) is 0 Å². The van der Waals surface area contributed by atoms with E-state index in [2.05, 4.69) is 17.0 Å². The minimum Gasteiger partial charge on any atom is -0.348 e. The minimum absolute atomic E-state index is 0. The van der Waals surface area contributed by atoms with Crippen molar-refractivity contribution in [3.05, 3.63) is 59.9 Å². The molecule has 0 aromatic heterocycles. The summed E-state index contributed by atoms with van der Waals surface area (Å²) in [7, 11) is -3.91. The van der Waals surface area contributed by atoms with Crippen LogP contribution in [0.2, 0.25) is 0 Å². The normalized spacial score (nSPS) is 12.0. The predicted octanol–water partition coefficient (Wildman–Crippen LogP) is 3.30. The Bertz CT molecular complexity index is 876. The van der Waals surface area contributed by atoms with Crippen LogP contribution in [0.5, 0.6) is 0 Å². The third kappa shape index (κ3) is 6.78. The molecule has 2 aromatic carbocycles. The van der Waals surface area contributed by atoms with Gasteiger partial charge in [-0.3, -0.25) is 9.52 Å². The number of anilines is 1. The fourth-order valence-corrected chi connectivity index (χ4v) is 3.61. The quantitative estimate of drug-likeness (QED) is 0.569. The first-order valence-corrected chi connectivity index (χ1v) is 10.2. The van der Waals surface area contributed by atoms with Gasteiger partial charge in [-0.1, -0.05) is 25.8 Å². The molecule has 0 fully saturated rings. The van der Waals surface area contributed by atoms with Crippen molar-refractivity contribution < 1.29 is 17.6 Å². The molecule has 4 N–H and O–H groups in total. The van der Waals surface area contributed by atoms with Gasteiger partial charge in [0.1, 0.15) is 5.82 Å². The van der Waals surface area contributed by atoms with Crippen LogP contribution in [-0.4, -0.2) is 26.9 Å². The lowest BCUT2D eigenvalue weighted by Gasteiger charge is -2.17. The van der Waals surface area contributed by atoms with Gasteiger partial charge < -0.3 is 11.1 Å². The van der Waals surface area contributed by atoms with Crippen molar-refractivity contribution in [3.63, 3.8) is 0 Å². The average Bonchev–Trinajstić information content (AvgIpc) is 2.66. The number of rotatable bonds is 9. The molecule has 1 unspecified atom stereocenters. The van der Waals surface area contributed by atoms with Crippen LogP contribution < -0.4 is 15.8 Å². The highest BCUT2D eigenvalue weighted by atomic mass is 35.5. The van der Waals surface area contributed by atoms with Gasteiger partial charge in [-0.05, 0) is 48.9 Å². The number of benzene rings is 2. The molecule has 6 nitrogen and oxygen atoms in total. The maximum atomic E-state index is 13.0. The Kier molecular flexibility index (Phi) is 9.37. The van der Waals surface area contributed by atoms with Gasteiger partial charge in [0.2, 0.25) is 0 Å². The van der Waals surface area contributed by atoms with E-state index in [0.29, 0.717) is 6.54 Å². The summed E-state index contributed by atoms with van der Waals surface area (Å²) in [5.41, 5.74) is 6.15. The summed E-state index contributed by atoms with van der Waals surface area (Å²) >= 11 is 0. The van der Waals surface area contributed by atoms with Gasteiger partial charge >= 0.3 is 0 Å². The fraction of sp³-hybridized carbons (Fsp3) is 0.316. The fourth-order valence-electron chi connectivity index (χ4n) is 2.50. The monoisotopic (exact) mass is 429 g/mol. The van der Waals surface area contributed by atoms with E-state index in [4.69, 9.17) is 5.73 Å². The van der Waals surface area contributed by atoms with Crippen molar-refractivity contribution in [1.29, 1.82) is 0 Å². The summed E-state index contributed by atoms with van der Waals surface area (Å²) in [5, 5.41) is 2.83. The first kappa shape index (κ1) is 23.9. The van der Waals surface area contributed by atoms with Crippen molar-refractivity contribution in [1.82, 2.24) is 5.32 Å². The SMILES string of the molecule is CCCCC(CN)NC(=O)c1cccc(S(=O)(=O)Nc2ccc(F)cc2)c1.Cl. The zero-order valence-corrected chi connectivity index (χ0v) is 17.2. The molecule has 1 amide bonds. The van der Waals surface area contributed by atoms with Gasteiger partial charge in [0, 0.05) is 23.8 Å². The second-order valence-electron chi connectivity index (χ2n) is 6.19. The minimum atomic E-state index is -3.91. The standard InChI is InChI=1S/C19H24FN3O3S.ClH/c1-2-3-6-17(13-21)22-19(24)14-5-4-7-18(12-14)27(25,26)23-16-10-8-15(20)9-11-16;/h4-5,7-12,17,23H,2-3,6,13,21H2,1H3,(H,22,24);1H. The third-order valence-corrected chi connectivity index (χ3v) is 5.41. The van der Waals surface area contributed by atoms with Crippen LogP contribution in [0.3, 0.4) is 0 Å². The summed E-state index contributed by atoms with van der Waals surface area (Å²) in [6, 6.07) is 10.5. The van der Waals surface area contributed by atoms with E-state index in [1.807, 2.05) is 0 Å². The molecule has 1 atom stereocenters. The molecule has 0 radical (unpaired) electrons. The molecule has 0 saturated heterocycles. The summed E-state index contributed by atoms with van der Waals surface area (Å²) in [4.78, 5) is 12.4. The molecule has 0 aliphatic rings. The Balaban J connectivity index is 0.00000392. The highest BCUT2D eigenvalue weighted by Gasteiger charge is 2.18. The largest absolute Gasteiger partial charge is 0.348 e. The molecule has 0 bridgehead atoms. The number of hydrogen-bond donors (Lipinski definition) is 3. The molecule has 0 aliphatic carbocycles. The summed E-state index contributed by atoms with van der Waals surface area (Å²) < 4.78 is 40.4. The molecule has 9 heteroatoms. The molecule has 0 heterocycles. The molecule has 0 spiro atoms. The maximum absolute atomic E-state index is 13.0. The van der Waals surface area contributed by atoms with Gasteiger partial charge in [-0.15, -0.1) is 12.4 Å². The lowest BCUT2D eigenvalue weighted by Crippen LogP contribution is -2.40. The van der Waals surface area contributed by atoms with E-state index in [1.165, 1.54) is 30.3 Å². The number of nitrogens with one attached hydrogen (secondary N) is 2. The number of sulfonamides is 1. The highest BCUT2D eigenvalue weighted by molar-refractivity contribution is 7.92. The number of carbonyl (C=O) groups is 1. The van der Waals surface area contributed by atoms with E-state index in [1.54, 1.807) is 6.07 Å². The molecule has 0 aliphatic heterocycles. The van der Waals surface area contributed by atoms with Crippen LogP contribution in [-0.2, 0) is 10.0 Å². The van der Waals surface area contributed by atoms with Crippen molar-refractivity contribution in [2.75, 3.05) is 11.3 Å². The smallest absolute Gasteiger partial charge is 0.261 e. The van der Waals surface area contributed by atoms with Gasteiger partial charge in [-0.2, -0.15) is 0 Å². The van der Waals surface area contributed by atoms with E-state index in [-0.39, 0.29) is 40.5 Å². The van der Waals surface area contributed by atoms with Crippen molar-refractivity contribution in [2.24, 2.45) is 5.73 Å². The second kappa shape index (κ2) is 11.0. The van der Waals surface area contributed by atoms with Crippen LogP contribution in [0.4, 0.5) is 10.1 Å². The molecule has 2 rings (SSSR count). The van der Waals surface area contributed by atoms with Crippen LogP contribution >= 0.6 is 12.4 Å². The van der Waals surface area contributed by atoms with Crippen molar-refractivity contribution in [2.45, 2.75) is 37.1 Å². The van der Waals surface area contributed by atoms with E-state index in [9.17, 15) is 17.6 Å². The summed E-state index contributed by atoms with van der Waals surface area (Å²) in [5.74, 6) is -0.838. The number of halogens is 2. The van der Waals surface area contributed by atoms with Crippen molar-refractivity contribution >= 4 is 34.0 Å². The number of carbonyl (C=O) groups excluding carboxylic acids is 1. The Morgan fingerprint density at radius 1 is 1.18 bits per heavy atom. The van der Waals surface area contributed by atoms with Gasteiger partial charge in [-0.25, -0.2) is 12.8 Å². The van der Waals surface area contributed by atoms with Gasteiger partial charge in [0.05, 0.1) is 4.90 Å². The summed E-state index contributed by atoms with van der Waals surface area (Å²) in [6.07, 6.45) is 2.70. The van der Waals surface area contributed by atoms with E-state index in [0.717, 1.165) is 31.4 Å². The van der Waals surface area contributed by atoms with Crippen LogP contribution in [0.1, 0.15) is 36.5 Å². The van der Waals surface area contributed by atoms with Crippen LogP contribution in [0, 0.1) is 5.82 Å². The Hall–Kier alpha value is -2.16. The van der Waals surface area contributed by atoms with E-state index >= 15 is 0 Å². The summed E-state index contributed by atoms with van der Waals surface area (Å²) in [6.45, 7) is 2.37. The lowest BCUT2D eigenvalue weighted by molar-refractivity contribution is 0.0935. The first-order chi connectivity index (χ1) is 12.9. The third-order valence-electron chi connectivity index (χ3n) is 4.03. The van der Waals surface area contributed by atoms with Gasteiger partial charge in [0.25, 0.3) is 15.9 Å². The zero-order valence-electron chi connectivity index (χ0n) is 15.5. The Morgan fingerprint density at radius 2 is 1.86 bits per heavy atom. The topological polar surface area (TPSA) is 101 Å². The Morgan fingerprint density at radius 3 is 2.46 bits per heavy atom. The maximum Gasteiger partial charge on any atom is 0.261 e. The Labute approximate surface area is 171 Å². The molecule has 0 saturated carbocycles. The molecular weight excluding hydrogens is 405 g/mol. The number of amides is 1. The van der Waals surface area contributed by atoms with Gasteiger partial charge in [0.15, 0.2) is 0 Å². The lowest BCUT2D eigenvalue weighted by atomic mass is 10.1. The number of hydrogen-bond acceptors (Lipinski definition) is 4. The van der Waals surface area contributed by atoms with E-state index < -0.39 is 15.8 Å². The van der Waals surface area contributed by atoms with Crippen LogP contribution in [0.25, 0.3) is 0 Å². The molecule has 2 aromatic rings. The second-order valence-corrected chi connectivity index (χ2v) is 7.87. The number of unbranched alkanes of at least 4 members (excludes halogenated alkanes) is 1. The predicted molar refractivity (Wildman–Crippen MR) is 111 cm³/mol. The first-order valence-electron chi connectivity index (χ1n) is 8.75. The van der Waals surface area contributed by atoms with Crippen LogP contribution in [0.15, 0.2) is 53.4 Å². The molecule has 154 valence electrons. The molecule has 28 heavy (non-hydrogen) atoms. The average molecular weight is 430 g/mol. The molecular formula is C19H25ClFN3O3S. The zero-order chi connectivity index (χ0) is 19.9. The highest BCUT2D eigenvalue weighted by Crippen LogP contribution is 2.18. The number of nitrogens with two attached hydrogens (primary N) is 1.